The lowest BCUT2D eigenvalue weighted by Crippen LogP contribution is -2.27. The topological polar surface area (TPSA) is 64.6 Å². The minimum absolute atomic E-state index is 0.0878. The molecule has 1 aromatic carbocycles. The molecule has 1 N–H and O–H groups in total. The van der Waals surface area contributed by atoms with Crippen molar-refractivity contribution >= 4 is 27.8 Å². The van der Waals surface area contributed by atoms with Crippen LogP contribution in [0.3, 0.4) is 0 Å². The zero-order valence-corrected chi connectivity index (χ0v) is 14.5. The maximum atomic E-state index is 11.6. The molecule has 1 aromatic rings. The predicted molar refractivity (Wildman–Crippen MR) is 87.7 cm³/mol. The average molecular weight is 372 g/mol. The predicted octanol–water partition coefficient (Wildman–Crippen LogP) is 3.07. The number of carbonyl (C=O) groups is 2. The molecule has 0 spiro atoms. The minimum atomic E-state index is -0.298. The lowest BCUT2D eigenvalue weighted by molar-refractivity contribution is -0.147. The molecule has 0 aliphatic heterocycles. The van der Waals surface area contributed by atoms with Crippen LogP contribution in [-0.2, 0) is 14.3 Å². The summed E-state index contributed by atoms with van der Waals surface area (Å²) in [6.07, 6.45) is 1.05. The van der Waals surface area contributed by atoms with E-state index in [0.29, 0.717) is 26.0 Å². The monoisotopic (exact) mass is 371 g/mol. The summed E-state index contributed by atoms with van der Waals surface area (Å²) < 4.78 is 11.5. The summed E-state index contributed by atoms with van der Waals surface area (Å²) in [5, 5.41) is 2.69. The fraction of sp³-hybridized carbons (Fsp3) is 0.500. The number of nitrogens with one attached hydrogen (secondary N) is 1. The number of rotatable bonds is 9. The van der Waals surface area contributed by atoms with Crippen LogP contribution >= 0.6 is 15.9 Å². The lowest BCUT2D eigenvalue weighted by Gasteiger charge is -2.09. The van der Waals surface area contributed by atoms with Gasteiger partial charge < -0.3 is 14.8 Å². The van der Waals surface area contributed by atoms with Gasteiger partial charge in [-0.15, -0.1) is 0 Å². The second-order valence-corrected chi connectivity index (χ2v) is 5.96. The highest BCUT2D eigenvalue weighted by molar-refractivity contribution is 9.10. The molecule has 6 heteroatoms. The average Bonchev–Trinajstić information content (AvgIpc) is 2.43. The smallest absolute Gasteiger partial charge is 0.307 e. The van der Waals surface area contributed by atoms with Crippen LogP contribution in [0.4, 0.5) is 0 Å². The Kier molecular flexibility index (Phi) is 8.58. The molecule has 0 radical (unpaired) electrons. The highest BCUT2D eigenvalue weighted by Crippen LogP contribution is 2.17. The van der Waals surface area contributed by atoms with Crippen molar-refractivity contribution in [3.63, 3.8) is 0 Å². The van der Waals surface area contributed by atoms with Gasteiger partial charge in [0, 0.05) is 17.4 Å². The van der Waals surface area contributed by atoms with Crippen molar-refractivity contribution in [2.24, 2.45) is 0 Å². The Bertz CT molecular complexity index is 491. The number of ether oxygens (including phenoxy) is 2. The summed E-state index contributed by atoms with van der Waals surface area (Å²) in [4.78, 5) is 22.9. The zero-order valence-electron chi connectivity index (χ0n) is 12.9. The van der Waals surface area contributed by atoms with Gasteiger partial charge >= 0.3 is 5.97 Å². The van der Waals surface area contributed by atoms with Crippen molar-refractivity contribution < 1.29 is 19.1 Å². The van der Waals surface area contributed by atoms with Gasteiger partial charge in [-0.25, -0.2) is 0 Å². The Morgan fingerprint density at radius 2 is 2.05 bits per heavy atom. The SMILES string of the molecule is CC(C)OC(=O)CCNC(=O)CCCOc1cccc(Br)c1. The molecule has 0 aromatic heterocycles. The van der Waals surface area contributed by atoms with Crippen molar-refractivity contribution in [2.45, 2.75) is 39.2 Å². The minimum Gasteiger partial charge on any atom is -0.494 e. The van der Waals surface area contributed by atoms with E-state index in [4.69, 9.17) is 9.47 Å². The molecule has 0 aliphatic carbocycles. The van der Waals surface area contributed by atoms with E-state index in [-0.39, 0.29) is 24.4 Å². The quantitative estimate of drug-likeness (QED) is 0.535. The first-order valence-electron chi connectivity index (χ1n) is 7.32. The molecule has 0 fully saturated rings. The molecule has 0 heterocycles. The largest absolute Gasteiger partial charge is 0.494 e. The van der Waals surface area contributed by atoms with Gasteiger partial charge in [0.2, 0.25) is 5.91 Å². The molecule has 0 saturated heterocycles. The van der Waals surface area contributed by atoms with E-state index in [1.807, 2.05) is 24.3 Å². The summed E-state index contributed by atoms with van der Waals surface area (Å²) in [7, 11) is 0. The van der Waals surface area contributed by atoms with Crippen molar-refractivity contribution in [3.8, 4) is 5.75 Å². The van der Waals surface area contributed by atoms with Gasteiger partial charge in [0.05, 0.1) is 19.1 Å². The van der Waals surface area contributed by atoms with Crippen molar-refractivity contribution in [3.05, 3.63) is 28.7 Å². The first-order chi connectivity index (χ1) is 10.5. The van der Waals surface area contributed by atoms with Crippen molar-refractivity contribution in [2.75, 3.05) is 13.2 Å². The summed E-state index contributed by atoms with van der Waals surface area (Å²) in [5.74, 6) is 0.384. The van der Waals surface area contributed by atoms with Crippen molar-refractivity contribution in [1.82, 2.24) is 5.32 Å². The fourth-order valence-corrected chi connectivity index (χ4v) is 2.07. The molecular formula is C16H22BrNO4. The van der Waals surface area contributed by atoms with Gasteiger partial charge in [0.1, 0.15) is 5.75 Å². The van der Waals surface area contributed by atoms with E-state index in [2.05, 4.69) is 21.2 Å². The van der Waals surface area contributed by atoms with Crippen molar-refractivity contribution in [1.29, 1.82) is 0 Å². The molecule has 5 nitrogen and oxygen atoms in total. The number of benzene rings is 1. The van der Waals surface area contributed by atoms with E-state index in [0.717, 1.165) is 10.2 Å². The normalized spacial score (nSPS) is 10.4. The van der Waals surface area contributed by atoms with Gasteiger partial charge in [0.25, 0.3) is 0 Å². The Morgan fingerprint density at radius 3 is 2.73 bits per heavy atom. The molecule has 0 saturated carbocycles. The highest BCUT2D eigenvalue weighted by atomic mass is 79.9. The number of hydrogen-bond acceptors (Lipinski definition) is 4. The third-order valence-corrected chi connectivity index (χ3v) is 3.12. The molecule has 22 heavy (non-hydrogen) atoms. The molecular weight excluding hydrogens is 350 g/mol. The molecule has 0 bridgehead atoms. The number of esters is 1. The maximum Gasteiger partial charge on any atom is 0.307 e. The van der Waals surface area contributed by atoms with Crippen LogP contribution in [0.1, 0.15) is 33.1 Å². The molecule has 1 rings (SSSR count). The Labute approximate surface area is 139 Å². The third-order valence-electron chi connectivity index (χ3n) is 2.63. The fourth-order valence-electron chi connectivity index (χ4n) is 1.69. The highest BCUT2D eigenvalue weighted by Gasteiger charge is 2.07. The van der Waals surface area contributed by atoms with E-state index in [9.17, 15) is 9.59 Å². The Balaban J connectivity index is 2.07. The third kappa shape index (κ3) is 8.67. The molecule has 1 amide bonds. The Hall–Kier alpha value is -1.56. The van der Waals surface area contributed by atoms with Gasteiger partial charge in [-0.05, 0) is 38.5 Å². The van der Waals surface area contributed by atoms with E-state index in [1.54, 1.807) is 13.8 Å². The summed E-state index contributed by atoms with van der Waals surface area (Å²) in [6, 6.07) is 7.55. The van der Waals surface area contributed by atoms with Gasteiger partial charge in [-0.1, -0.05) is 22.0 Å². The van der Waals surface area contributed by atoms with Crippen LogP contribution < -0.4 is 10.1 Å². The van der Waals surface area contributed by atoms with Crippen LogP contribution in [0.2, 0.25) is 0 Å². The van der Waals surface area contributed by atoms with E-state index in [1.165, 1.54) is 0 Å². The number of carbonyl (C=O) groups excluding carboxylic acids is 2. The van der Waals surface area contributed by atoms with Crippen LogP contribution in [-0.4, -0.2) is 31.1 Å². The van der Waals surface area contributed by atoms with Gasteiger partial charge in [-0.3, -0.25) is 9.59 Å². The van der Waals surface area contributed by atoms with E-state index >= 15 is 0 Å². The van der Waals surface area contributed by atoms with Crippen LogP contribution in [0, 0.1) is 0 Å². The second-order valence-electron chi connectivity index (χ2n) is 5.05. The van der Waals surface area contributed by atoms with Crippen LogP contribution in [0.5, 0.6) is 5.75 Å². The maximum absolute atomic E-state index is 11.6. The first kappa shape index (κ1) is 18.5. The van der Waals surface area contributed by atoms with E-state index < -0.39 is 0 Å². The first-order valence-corrected chi connectivity index (χ1v) is 8.11. The number of hydrogen-bond donors (Lipinski definition) is 1. The molecule has 0 aliphatic rings. The van der Waals surface area contributed by atoms with Gasteiger partial charge in [0.15, 0.2) is 0 Å². The Morgan fingerprint density at radius 1 is 1.27 bits per heavy atom. The summed E-state index contributed by atoms with van der Waals surface area (Å²) in [6.45, 7) is 4.36. The number of halogens is 1. The molecule has 0 unspecified atom stereocenters. The summed E-state index contributed by atoms with van der Waals surface area (Å²) >= 11 is 3.37. The summed E-state index contributed by atoms with van der Waals surface area (Å²) in [5.41, 5.74) is 0. The standard InChI is InChI=1S/C16H22BrNO4/c1-12(2)22-16(20)8-9-18-15(19)7-4-10-21-14-6-3-5-13(17)11-14/h3,5-6,11-12H,4,7-10H2,1-2H3,(H,18,19). The molecule has 122 valence electrons. The molecule has 0 atom stereocenters. The zero-order chi connectivity index (χ0) is 16.4. The van der Waals surface area contributed by atoms with Gasteiger partial charge in [-0.2, -0.15) is 0 Å². The van der Waals surface area contributed by atoms with Crippen LogP contribution in [0.15, 0.2) is 28.7 Å². The number of amides is 1. The second kappa shape index (κ2) is 10.2. The lowest BCUT2D eigenvalue weighted by atomic mass is 10.3. The van der Waals surface area contributed by atoms with Crippen LogP contribution in [0.25, 0.3) is 0 Å².